The van der Waals surface area contributed by atoms with Gasteiger partial charge in [-0.25, -0.2) is 0 Å². The van der Waals surface area contributed by atoms with E-state index in [9.17, 15) is 9.90 Å². The van der Waals surface area contributed by atoms with E-state index in [4.69, 9.17) is 9.47 Å². The molecule has 0 bridgehead atoms. The van der Waals surface area contributed by atoms with Crippen molar-refractivity contribution < 1.29 is 19.4 Å². The molecule has 0 heterocycles. The van der Waals surface area contributed by atoms with Crippen molar-refractivity contribution in [2.24, 2.45) is 5.92 Å². The van der Waals surface area contributed by atoms with Crippen molar-refractivity contribution in [2.45, 2.75) is 70.3 Å². The van der Waals surface area contributed by atoms with Crippen LogP contribution in [-0.4, -0.2) is 24.8 Å². The smallest absolute Gasteiger partial charge is 0.308 e. The molecule has 2 aromatic rings. The highest BCUT2D eigenvalue weighted by atomic mass is 16.5. The Bertz CT molecular complexity index is 802. The number of rotatable bonds is 10. The van der Waals surface area contributed by atoms with Crippen LogP contribution in [-0.2, 0) is 15.1 Å². The number of ether oxygens (including phenoxy) is 2. The first-order valence-corrected chi connectivity index (χ1v) is 11.7. The minimum absolute atomic E-state index is 0.0884. The van der Waals surface area contributed by atoms with Crippen molar-refractivity contribution in [1.29, 1.82) is 0 Å². The van der Waals surface area contributed by atoms with E-state index in [2.05, 4.69) is 6.92 Å². The molecule has 0 aliphatic heterocycles. The SMILES string of the molecule is CCCCCCCOC(=O)C1CCC(O)(c2ccc(-c3ccc(OC)cc3)cc2)CC1. The highest BCUT2D eigenvalue weighted by Gasteiger charge is 2.37. The van der Waals surface area contributed by atoms with Gasteiger partial charge in [0.05, 0.1) is 25.2 Å². The number of unbranched alkanes of at least 4 members (excludes halogenated alkanes) is 4. The molecule has 0 radical (unpaired) electrons. The fraction of sp³-hybridized carbons (Fsp3) is 0.519. The van der Waals surface area contributed by atoms with Crippen LogP contribution in [0.5, 0.6) is 5.75 Å². The Morgan fingerprint density at radius 1 is 0.935 bits per heavy atom. The third-order valence-electron chi connectivity index (χ3n) is 6.48. The molecule has 1 aliphatic rings. The molecule has 1 fully saturated rings. The molecule has 0 atom stereocenters. The van der Waals surface area contributed by atoms with Crippen molar-refractivity contribution >= 4 is 5.97 Å². The number of carbonyl (C=O) groups is 1. The summed E-state index contributed by atoms with van der Waals surface area (Å²) in [6.45, 7) is 2.72. The summed E-state index contributed by atoms with van der Waals surface area (Å²) in [6, 6.07) is 16.1. The first-order valence-electron chi connectivity index (χ1n) is 11.7. The fourth-order valence-electron chi connectivity index (χ4n) is 4.37. The molecule has 0 amide bonds. The Balaban J connectivity index is 1.49. The van der Waals surface area contributed by atoms with Crippen molar-refractivity contribution in [3.05, 3.63) is 54.1 Å². The molecule has 4 heteroatoms. The summed E-state index contributed by atoms with van der Waals surface area (Å²) >= 11 is 0. The van der Waals surface area contributed by atoms with Crippen LogP contribution in [0.25, 0.3) is 11.1 Å². The van der Waals surface area contributed by atoms with Gasteiger partial charge in [0.25, 0.3) is 0 Å². The maximum Gasteiger partial charge on any atom is 0.308 e. The van der Waals surface area contributed by atoms with E-state index in [1.807, 2.05) is 48.5 Å². The van der Waals surface area contributed by atoms with E-state index in [0.717, 1.165) is 35.3 Å². The third kappa shape index (κ3) is 6.33. The van der Waals surface area contributed by atoms with Crippen LogP contribution >= 0.6 is 0 Å². The maximum atomic E-state index is 12.4. The molecule has 31 heavy (non-hydrogen) atoms. The Labute approximate surface area is 186 Å². The highest BCUT2D eigenvalue weighted by molar-refractivity contribution is 5.72. The summed E-state index contributed by atoms with van der Waals surface area (Å²) in [4.78, 5) is 12.4. The summed E-state index contributed by atoms with van der Waals surface area (Å²) in [7, 11) is 1.66. The van der Waals surface area contributed by atoms with Gasteiger partial charge in [-0.2, -0.15) is 0 Å². The second-order valence-corrected chi connectivity index (χ2v) is 8.69. The first-order chi connectivity index (χ1) is 15.1. The number of benzene rings is 2. The van der Waals surface area contributed by atoms with Crippen molar-refractivity contribution in [2.75, 3.05) is 13.7 Å². The van der Waals surface area contributed by atoms with Gasteiger partial charge in [-0.3, -0.25) is 4.79 Å². The minimum atomic E-state index is -0.866. The number of hydrogen-bond donors (Lipinski definition) is 1. The number of aliphatic hydroxyl groups is 1. The standard InChI is InChI=1S/C27H36O4/c1-3-4-5-6-7-20-31-26(28)23-16-18-27(29,19-17-23)24-12-8-21(9-13-24)22-10-14-25(30-2)15-11-22/h8-15,23,29H,3-7,16-20H2,1-2H3. The Kier molecular flexibility index (Phi) is 8.53. The molecule has 3 rings (SSSR count). The van der Waals surface area contributed by atoms with Crippen molar-refractivity contribution in [1.82, 2.24) is 0 Å². The van der Waals surface area contributed by atoms with Crippen molar-refractivity contribution in [3.63, 3.8) is 0 Å². The van der Waals surface area contributed by atoms with Gasteiger partial charge < -0.3 is 14.6 Å². The first kappa shape index (κ1) is 23.3. The van der Waals surface area contributed by atoms with E-state index < -0.39 is 5.60 Å². The van der Waals surface area contributed by atoms with E-state index >= 15 is 0 Å². The van der Waals surface area contributed by atoms with Gasteiger partial charge in [0, 0.05) is 0 Å². The van der Waals surface area contributed by atoms with Crippen LogP contribution in [0.4, 0.5) is 0 Å². The minimum Gasteiger partial charge on any atom is -0.497 e. The molecular weight excluding hydrogens is 388 g/mol. The molecule has 0 unspecified atom stereocenters. The summed E-state index contributed by atoms with van der Waals surface area (Å²) in [5, 5.41) is 11.2. The van der Waals surface area contributed by atoms with Gasteiger partial charge in [-0.1, -0.05) is 69.0 Å². The van der Waals surface area contributed by atoms with Gasteiger partial charge in [0.15, 0.2) is 0 Å². The van der Waals surface area contributed by atoms with E-state index in [1.54, 1.807) is 7.11 Å². The van der Waals surface area contributed by atoms with E-state index in [1.165, 1.54) is 19.3 Å². The van der Waals surface area contributed by atoms with E-state index in [0.29, 0.717) is 32.3 Å². The number of methoxy groups -OCH3 is 1. The third-order valence-corrected chi connectivity index (χ3v) is 6.48. The van der Waals surface area contributed by atoms with Gasteiger partial charge in [-0.05, 0) is 60.9 Å². The molecule has 1 aliphatic carbocycles. The summed E-state index contributed by atoms with van der Waals surface area (Å²) in [5.74, 6) is 0.656. The number of hydrogen-bond acceptors (Lipinski definition) is 4. The average Bonchev–Trinajstić information content (AvgIpc) is 2.82. The lowest BCUT2D eigenvalue weighted by Crippen LogP contribution is -2.34. The zero-order chi connectivity index (χ0) is 22.1. The topological polar surface area (TPSA) is 55.8 Å². The van der Waals surface area contributed by atoms with Gasteiger partial charge in [0.2, 0.25) is 0 Å². The lowest BCUT2D eigenvalue weighted by atomic mass is 9.75. The lowest BCUT2D eigenvalue weighted by molar-refractivity contribution is -0.152. The number of esters is 1. The highest BCUT2D eigenvalue weighted by Crippen LogP contribution is 2.40. The number of carbonyl (C=O) groups excluding carboxylic acids is 1. The Hall–Kier alpha value is -2.33. The second-order valence-electron chi connectivity index (χ2n) is 8.69. The molecular formula is C27H36O4. The zero-order valence-corrected chi connectivity index (χ0v) is 18.9. The second kappa shape index (κ2) is 11.3. The summed E-state index contributed by atoms with van der Waals surface area (Å²) in [5.41, 5.74) is 2.27. The predicted octanol–water partition coefficient (Wildman–Crippen LogP) is 6.25. The maximum absolute atomic E-state index is 12.4. The molecule has 4 nitrogen and oxygen atoms in total. The quantitative estimate of drug-likeness (QED) is 0.362. The van der Waals surface area contributed by atoms with Crippen LogP contribution in [0, 0.1) is 5.92 Å². The zero-order valence-electron chi connectivity index (χ0n) is 18.9. The predicted molar refractivity (Wildman–Crippen MR) is 124 cm³/mol. The molecule has 2 aromatic carbocycles. The molecule has 1 N–H and O–H groups in total. The molecule has 1 saturated carbocycles. The lowest BCUT2D eigenvalue weighted by Gasteiger charge is -2.35. The van der Waals surface area contributed by atoms with Crippen LogP contribution in [0.15, 0.2) is 48.5 Å². The van der Waals surface area contributed by atoms with Crippen LogP contribution in [0.1, 0.15) is 70.3 Å². The summed E-state index contributed by atoms with van der Waals surface area (Å²) in [6.07, 6.45) is 8.26. The van der Waals surface area contributed by atoms with Gasteiger partial charge >= 0.3 is 5.97 Å². The van der Waals surface area contributed by atoms with Gasteiger partial charge in [-0.15, -0.1) is 0 Å². The molecule has 0 spiro atoms. The molecule has 0 aromatic heterocycles. The van der Waals surface area contributed by atoms with E-state index in [-0.39, 0.29) is 11.9 Å². The van der Waals surface area contributed by atoms with Crippen LogP contribution < -0.4 is 4.74 Å². The normalized spacial score (nSPS) is 20.9. The van der Waals surface area contributed by atoms with Crippen molar-refractivity contribution in [3.8, 4) is 16.9 Å². The largest absolute Gasteiger partial charge is 0.497 e. The monoisotopic (exact) mass is 424 g/mol. The van der Waals surface area contributed by atoms with Gasteiger partial charge in [0.1, 0.15) is 5.75 Å². The molecule has 0 saturated heterocycles. The Morgan fingerprint density at radius 3 is 2.10 bits per heavy atom. The molecule has 168 valence electrons. The fourth-order valence-corrected chi connectivity index (χ4v) is 4.37. The van der Waals surface area contributed by atoms with Crippen LogP contribution in [0.2, 0.25) is 0 Å². The Morgan fingerprint density at radius 2 is 1.52 bits per heavy atom. The summed E-state index contributed by atoms with van der Waals surface area (Å²) < 4.78 is 10.7. The average molecular weight is 425 g/mol. The van der Waals surface area contributed by atoms with Crippen LogP contribution in [0.3, 0.4) is 0 Å².